The molecule has 0 saturated heterocycles. The molecule has 0 unspecified atom stereocenters. The summed E-state index contributed by atoms with van der Waals surface area (Å²) in [5.74, 6) is 4.66. The standard InChI is InChI=1S/C12H10O4/c1-16-11-6-5-9(10(7-11)8-13)3-2-4-12(14)15/h5-8H,4H2,1H3,(H,14,15). The fourth-order valence-electron chi connectivity index (χ4n) is 1.09. The Morgan fingerprint density at radius 1 is 1.56 bits per heavy atom. The number of carbonyl (C=O) groups excluding carboxylic acids is 1. The second-order valence-corrected chi connectivity index (χ2v) is 2.94. The Hall–Kier alpha value is -2.28. The largest absolute Gasteiger partial charge is 0.497 e. The molecule has 0 bridgehead atoms. The van der Waals surface area contributed by atoms with Gasteiger partial charge < -0.3 is 9.84 Å². The quantitative estimate of drug-likeness (QED) is 0.614. The molecule has 4 nitrogen and oxygen atoms in total. The van der Waals surface area contributed by atoms with E-state index in [1.165, 1.54) is 7.11 Å². The molecule has 0 aliphatic rings. The lowest BCUT2D eigenvalue weighted by atomic mass is 10.1. The Kier molecular flexibility index (Phi) is 4.10. The Morgan fingerprint density at radius 3 is 2.88 bits per heavy atom. The van der Waals surface area contributed by atoms with Crippen molar-refractivity contribution in [3.63, 3.8) is 0 Å². The third-order valence-corrected chi connectivity index (χ3v) is 1.85. The molecule has 0 radical (unpaired) electrons. The van der Waals surface area contributed by atoms with E-state index < -0.39 is 5.97 Å². The van der Waals surface area contributed by atoms with Crippen molar-refractivity contribution in [3.05, 3.63) is 29.3 Å². The molecule has 4 heteroatoms. The molecule has 82 valence electrons. The predicted octanol–water partition coefficient (Wildman–Crippen LogP) is 1.33. The van der Waals surface area contributed by atoms with Crippen LogP contribution in [0.1, 0.15) is 22.3 Å². The first-order chi connectivity index (χ1) is 7.67. The molecule has 16 heavy (non-hydrogen) atoms. The van der Waals surface area contributed by atoms with E-state index in [-0.39, 0.29) is 6.42 Å². The molecule has 1 N–H and O–H groups in total. The third-order valence-electron chi connectivity index (χ3n) is 1.85. The highest BCUT2D eigenvalue weighted by Gasteiger charge is 2.01. The summed E-state index contributed by atoms with van der Waals surface area (Å²) in [6.07, 6.45) is 0.414. The summed E-state index contributed by atoms with van der Waals surface area (Å²) in [6, 6.07) is 4.84. The number of methoxy groups -OCH3 is 1. The summed E-state index contributed by atoms with van der Waals surface area (Å²) in [5, 5.41) is 8.41. The molecule has 1 rings (SSSR count). The van der Waals surface area contributed by atoms with Gasteiger partial charge in [0.25, 0.3) is 0 Å². The van der Waals surface area contributed by atoms with Gasteiger partial charge >= 0.3 is 5.97 Å². The lowest BCUT2D eigenvalue weighted by Crippen LogP contribution is -1.92. The highest BCUT2D eigenvalue weighted by molar-refractivity contribution is 5.80. The first-order valence-electron chi connectivity index (χ1n) is 4.51. The number of hydrogen-bond donors (Lipinski definition) is 1. The zero-order valence-electron chi connectivity index (χ0n) is 8.69. The Balaban J connectivity index is 2.98. The van der Waals surface area contributed by atoms with Gasteiger partial charge in [-0.15, -0.1) is 0 Å². The summed E-state index contributed by atoms with van der Waals surface area (Å²) in [6.45, 7) is 0. The van der Waals surface area contributed by atoms with Crippen LogP contribution in [0, 0.1) is 11.8 Å². The van der Waals surface area contributed by atoms with E-state index in [1.54, 1.807) is 18.2 Å². The van der Waals surface area contributed by atoms with Crippen LogP contribution in [-0.4, -0.2) is 24.5 Å². The fourth-order valence-corrected chi connectivity index (χ4v) is 1.09. The molecule has 0 aliphatic carbocycles. The van der Waals surface area contributed by atoms with Crippen LogP contribution in [0.4, 0.5) is 0 Å². The second kappa shape index (κ2) is 5.56. The van der Waals surface area contributed by atoms with Gasteiger partial charge in [0, 0.05) is 11.1 Å². The van der Waals surface area contributed by atoms with Gasteiger partial charge in [-0.3, -0.25) is 9.59 Å². The molecule has 1 aromatic rings. The lowest BCUT2D eigenvalue weighted by Gasteiger charge is -2.01. The molecule has 0 saturated carbocycles. The van der Waals surface area contributed by atoms with Crippen LogP contribution < -0.4 is 4.74 Å². The Bertz CT molecular complexity index is 466. The van der Waals surface area contributed by atoms with E-state index in [4.69, 9.17) is 9.84 Å². The van der Waals surface area contributed by atoms with Crippen molar-refractivity contribution in [2.45, 2.75) is 6.42 Å². The average Bonchev–Trinajstić information content (AvgIpc) is 2.29. The van der Waals surface area contributed by atoms with Gasteiger partial charge in [0.1, 0.15) is 12.2 Å². The first kappa shape index (κ1) is 11.8. The van der Waals surface area contributed by atoms with Crippen molar-refractivity contribution in [2.24, 2.45) is 0 Å². The van der Waals surface area contributed by atoms with Crippen LogP contribution in [0.25, 0.3) is 0 Å². The third kappa shape index (κ3) is 3.14. The number of carboxylic acids is 1. The van der Waals surface area contributed by atoms with E-state index in [1.807, 2.05) is 0 Å². The number of ether oxygens (including phenoxy) is 1. The van der Waals surface area contributed by atoms with Crippen LogP contribution in [0.5, 0.6) is 5.75 Å². The van der Waals surface area contributed by atoms with Gasteiger partial charge in [-0.2, -0.15) is 0 Å². The normalized spacial score (nSPS) is 8.81. The number of rotatable bonds is 3. The first-order valence-corrected chi connectivity index (χ1v) is 4.51. The summed E-state index contributed by atoms with van der Waals surface area (Å²) >= 11 is 0. The van der Waals surface area contributed by atoms with Crippen LogP contribution in [0.15, 0.2) is 18.2 Å². The molecule has 0 heterocycles. The van der Waals surface area contributed by atoms with Gasteiger partial charge in [-0.1, -0.05) is 11.8 Å². The molecule has 0 aliphatic heterocycles. The number of carbonyl (C=O) groups is 2. The zero-order valence-corrected chi connectivity index (χ0v) is 8.69. The van der Waals surface area contributed by atoms with Gasteiger partial charge in [0.05, 0.1) is 7.11 Å². The minimum Gasteiger partial charge on any atom is -0.497 e. The van der Waals surface area contributed by atoms with Crippen molar-refractivity contribution in [1.82, 2.24) is 0 Å². The molecular formula is C12H10O4. The summed E-state index contributed by atoms with van der Waals surface area (Å²) < 4.78 is 4.95. The maximum absolute atomic E-state index is 10.8. The summed E-state index contributed by atoms with van der Waals surface area (Å²) in [5.41, 5.74) is 0.884. The average molecular weight is 218 g/mol. The van der Waals surface area contributed by atoms with E-state index in [2.05, 4.69) is 11.8 Å². The number of carboxylic acid groups (broad SMARTS) is 1. The number of aldehydes is 1. The monoisotopic (exact) mass is 218 g/mol. The minimum atomic E-state index is -0.992. The van der Waals surface area contributed by atoms with Crippen molar-refractivity contribution in [2.75, 3.05) is 7.11 Å². The summed E-state index contributed by atoms with van der Waals surface area (Å²) in [4.78, 5) is 21.0. The van der Waals surface area contributed by atoms with Crippen molar-refractivity contribution >= 4 is 12.3 Å². The molecule has 0 amide bonds. The number of aliphatic carboxylic acids is 1. The highest BCUT2D eigenvalue weighted by atomic mass is 16.5. The van der Waals surface area contributed by atoms with Crippen molar-refractivity contribution in [1.29, 1.82) is 0 Å². The van der Waals surface area contributed by atoms with Gasteiger partial charge in [0.2, 0.25) is 0 Å². The van der Waals surface area contributed by atoms with E-state index in [9.17, 15) is 9.59 Å². The number of benzene rings is 1. The Morgan fingerprint density at radius 2 is 2.31 bits per heavy atom. The van der Waals surface area contributed by atoms with Gasteiger partial charge in [-0.25, -0.2) is 0 Å². The topological polar surface area (TPSA) is 63.6 Å². The van der Waals surface area contributed by atoms with Crippen LogP contribution in [0.3, 0.4) is 0 Å². The number of hydrogen-bond acceptors (Lipinski definition) is 3. The lowest BCUT2D eigenvalue weighted by molar-refractivity contribution is -0.135. The maximum Gasteiger partial charge on any atom is 0.315 e. The highest BCUT2D eigenvalue weighted by Crippen LogP contribution is 2.15. The van der Waals surface area contributed by atoms with E-state index in [0.717, 1.165) is 0 Å². The molecule has 0 atom stereocenters. The molecular weight excluding hydrogens is 208 g/mol. The smallest absolute Gasteiger partial charge is 0.315 e. The summed E-state index contributed by atoms with van der Waals surface area (Å²) in [7, 11) is 1.50. The van der Waals surface area contributed by atoms with Crippen LogP contribution >= 0.6 is 0 Å². The molecule has 0 aromatic heterocycles. The van der Waals surface area contributed by atoms with Crippen molar-refractivity contribution in [3.8, 4) is 17.6 Å². The maximum atomic E-state index is 10.8. The minimum absolute atomic E-state index is 0.246. The zero-order chi connectivity index (χ0) is 12.0. The van der Waals surface area contributed by atoms with Crippen LogP contribution in [0.2, 0.25) is 0 Å². The van der Waals surface area contributed by atoms with Crippen LogP contribution in [-0.2, 0) is 4.79 Å². The predicted molar refractivity (Wildman–Crippen MR) is 57.5 cm³/mol. The second-order valence-electron chi connectivity index (χ2n) is 2.94. The van der Waals surface area contributed by atoms with E-state index >= 15 is 0 Å². The molecule has 0 spiro atoms. The molecule has 1 aromatic carbocycles. The SMILES string of the molecule is COc1ccc(C#CCC(=O)O)c(C=O)c1. The van der Waals surface area contributed by atoms with Crippen molar-refractivity contribution < 1.29 is 19.4 Å². The fraction of sp³-hybridized carbons (Fsp3) is 0.167. The van der Waals surface area contributed by atoms with Gasteiger partial charge in [0.15, 0.2) is 6.29 Å². The molecule has 0 fully saturated rings. The van der Waals surface area contributed by atoms with Gasteiger partial charge in [-0.05, 0) is 18.2 Å². The van der Waals surface area contributed by atoms with E-state index in [0.29, 0.717) is 23.2 Å². The Labute approximate surface area is 92.9 Å².